The number of aryl methyl sites for hydroxylation is 1. The summed E-state index contributed by atoms with van der Waals surface area (Å²) in [6.07, 6.45) is 3.36. The van der Waals surface area contributed by atoms with Crippen LogP contribution >= 0.6 is 0 Å². The van der Waals surface area contributed by atoms with Crippen molar-refractivity contribution < 1.29 is 9.90 Å². The minimum atomic E-state index is -1.18. The number of fused-ring (bicyclic) bond motifs is 1. The van der Waals surface area contributed by atoms with Gasteiger partial charge in [0.1, 0.15) is 0 Å². The Morgan fingerprint density at radius 3 is 2.79 bits per heavy atom. The molecule has 0 aliphatic heterocycles. The van der Waals surface area contributed by atoms with E-state index in [-0.39, 0.29) is 11.4 Å². The fraction of sp³-hybridized carbons (Fsp3) is 0.444. The molecule has 1 aromatic rings. The van der Waals surface area contributed by atoms with Gasteiger partial charge in [0.25, 0.3) is 5.56 Å². The van der Waals surface area contributed by atoms with Gasteiger partial charge in [-0.15, -0.1) is 0 Å². The predicted molar refractivity (Wildman–Crippen MR) is 48.5 cm³/mol. The molecule has 5 heteroatoms. The summed E-state index contributed by atoms with van der Waals surface area (Å²) in [5, 5.41) is 8.68. The lowest BCUT2D eigenvalue weighted by Crippen LogP contribution is -2.24. The van der Waals surface area contributed by atoms with Gasteiger partial charge in [0, 0.05) is 5.56 Å². The molecule has 74 valence electrons. The molecule has 0 saturated heterocycles. The summed E-state index contributed by atoms with van der Waals surface area (Å²) < 4.78 is 0. The Labute approximate surface area is 79.8 Å². The quantitative estimate of drug-likeness (QED) is 0.675. The number of carbonyl (C=O) groups is 1. The van der Waals surface area contributed by atoms with Gasteiger partial charge in [-0.3, -0.25) is 4.79 Å². The van der Waals surface area contributed by atoms with Gasteiger partial charge in [0.05, 0.1) is 5.69 Å². The second kappa shape index (κ2) is 3.25. The van der Waals surface area contributed by atoms with Crippen LogP contribution < -0.4 is 5.56 Å². The first-order valence-electron chi connectivity index (χ1n) is 4.54. The number of carboxylic acid groups (broad SMARTS) is 1. The minimum Gasteiger partial charge on any atom is -0.475 e. The molecule has 2 N–H and O–H groups in total. The number of H-pyrrole nitrogens is 1. The fourth-order valence-corrected chi connectivity index (χ4v) is 1.70. The number of aromatic nitrogens is 2. The maximum Gasteiger partial charge on any atom is 0.372 e. The Kier molecular flexibility index (Phi) is 2.07. The second-order valence-corrected chi connectivity index (χ2v) is 3.35. The zero-order chi connectivity index (χ0) is 10.1. The molecule has 0 amide bonds. The Morgan fingerprint density at radius 1 is 1.36 bits per heavy atom. The molecule has 1 aliphatic rings. The van der Waals surface area contributed by atoms with E-state index in [1.807, 2.05) is 0 Å². The number of nitrogens with one attached hydrogen (secondary N) is 1. The number of hydrogen-bond donors (Lipinski definition) is 2. The Morgan fingerprint density at radius 2 is 2.07 bits per heavy atom. The van der Waals surface area contributed by atoms with Gasteiger partial charge in [0.2, 0.25) is 5.82 Å². The van der Waals surface area contributed by atoms with E-state index in [1.165, 1.54) is 0 Å². The van der Waals surface area contributed by atoms with Crippen molar-refractivity contribution in [2.24, 2.45) is 0 Å². The molecule has 0 saturated carbocycles. The molecule has 0 unspecified atom stereocenters. The van der Waals surface area contributed by atoms with E-state index in [0.717, 1.165) is 12.8 Å². The highest BCUT2D eigenvalue weighted by molar-refractivity contribution is 5.83. The van der Waals surface area contributed by atoms with Gasteiger partial charge in [-0.25, -0.2) is 9.78 Å². The van der Waals surface area contributed by atoms with Crippen LogP contribution in [0.2, 0.25) is 0 Å². The minimum absolute atomic E-state index is 0.254. The van der Waals surface area contributed by atoms with Crippen LogP contribution in [0.3, 0.4) is 0 Å². The van der Waals surface area contributed by atoms with E-state index in [4.69, 9.17) is 5.11 Å². The largest absolute Gasteiger partial charge is 0.475 e. The highest BCUT2D eigenvalue weighted by Crippen LogP contribution is 2.15. The van der Waals surface area contributed by atoms with Gasteiger partial charge in [-0.2, -0.15) is 0 Å². The van der Waals surface area contributed by atoms with Crippen LogP contribution in [-0.4, -0.2) is 21.0 Å². The summed E-state index contributed by atoms with van der Waals surface area (Å²) in [5.74, 6) is -1.44. The first kappa shape index (κ1) is 8.93. The average Bonchev–Trinajstić information content (AvgIpc) is 2.17. The Bertz CT molecular complexity index is 436. The van der Waals surface area contributed by atoms with Crippen LogP contribution in [0.1, 0.15) is 34.7 Å². The molecule has 5 nitrogen and oxygen atoms in total. The molecule has 0 fully saturated rings. The van der Waals surface area contributed by atoms with Crippen molar-refractivity contribution in [3.63, 3.8) is 0 Å². The third-order valence-electron chi connectivity index (χ3n) is 2.39. The van der Waals surface area contributed by atoms with Crippen molar-refractivity contribution in [2.75, 3.05) is 0 Å². The van der Waals surface area contributed by atoms with Crippen molar-refractivity contribution in [1.29, 1.82) is 0 Å². The highest BCUT2D eigenvalue weighted by Gasteiger charge is 2.17. The molecule has 2 rings (SSSR count). The summed E-state index contributed by atoms with van der Waals surface area (Å²) in [7, 11) is 0. The molecule has 0 bridgehead atoms. The molecule has 0 atom stereocenters. The first-order chi connectivity index (χ1) is 6.68. The van der Waals surface area contributed by atoms with E-state index in [2.05, 4.69) is 9.97 Å². The van der Waals surface area contributed by atoms with Gasteiger partial charge < -0.3 is 10.1 Å². The molecule has 1 heterocycles. The maximum atomic E-state index is 11.4. The number of carboxylic acids is 1. The van der Waals surface area contributed by atoms with Crippen molar-refractivity contribution >= 4 is 5.97 Å². The molecule has 1 aliphatic carbocycles. The number of nitrogens with zero attached hydrogens (tertiary/aromatic N) is 1. The topological polar surface area (TPSA) is 83.0 Å². The molecule has 0 aromatic carbocycles. The maximum absolute atomic E-state index is 11.4. The van der Waals surface area contributed by atoms with Crippen LogP contribution in [0.4, 0.5) is 0 Å². The smallest absolute Gasteiger partial charge is 0.372 e. The van der Waals surface area contributed by atoms with Crippen molar-refractivity contribution in [3.05, 3.63) is 27.4 Å². The van der Waals surface area contributed by atoms with E-state index in [9.17, 15) is 9.59 Å². The van der Waals surface area contributed by atoms with E-state index in [1.54, 1.807) is 0 Å². The Hall–Kier alpha value is -1.65. The number of rotatable bonds is 1. The molecule has 0 radical (unpaired) electrons. The van der Waals surface area contributed by atoms with E-state index < -0.39 is 5.97 Å². The zero-order valence-corrected chi connectivity index (χ0v) is 7.54. The van der Waals surface area contributed by atoms with Gasteiger partial charge in [-0.1, -0.05) is 0 Å². The third kappa shape index (κ3) is 1.41. The fourth-order valence-electron chi connectivity index (χ4n) is 1.70. The molecular formula is C9H10N2O3. The van der Waals surface area contributed by atoms with Crippen LogP contribution in [0.5, 0.6) is 0 Å². The monoisotopic (exact) mass is 194 g/mol. The normalized spacial score (nSPS) is 14.9. The standard InChI is InChI=1S/C9H10N2O3/c12-8-5-3-1-2-4-6(5)10-7(11-8)9(13)14/h1-4H2,(H,13,14)(H,10,11,12). The van der Waals surface area contributed by atoms with Gasteiger partial charge in [0.15, 0.2) is 0 Å². The summed E-state index contributed by atoms with van der Waals surface area (Å²) >= 11 is 0. The molecule has 0 spiro atoms. The molecular weight excluding hydrogens is 184 g/mol. The first-order valence-corrected chi connectivity index (χ1v) is 4.54. The van der Waals surface area contributed by atoms with Gasteiger partial charge in [-0.05, 0) is 25.7 Å². The number of aromatic amines is 1. The van der Waals surface area contributed by atoms with Crippen LogP contribution in [0.25, 0.3) is 0 Å². The predicted octanol–water partition coefficient (Wildman–Crippen LogP) is 0.347. The lowest BCUT2D eigenvalue weighted by atomic mass is 9.97. The van der Waals surface area contributed by atoms with Gasteiger partial charge >= 0.3 is 5.97 Å². The summed E-state index contributed by atoms with van der Waals surface area (Å²) in [5.41, 5.74) is 1.01. The van der Waals surface area contributed by atoms with Crippen molar-refractivity contribution in [2.45, 2.75) is 25.7 Å². The average molecular weight is 194 g/mol. The zero-order valence-electron chi connectivity index (χ0n) is 7.54. The lowest BCUT2D eigenvalue weighted by Gasteiger charge is -2.13. The van der Waals surface area contributed by atoms with E-state index >= 15 is 0 Å². The van der Waals surface area contributed by atoms with E-state index in [0.29, 0.717) is 24.1 Å². The second-order valence-electron chi connectivity index (χ2n) is 3.35. The summed E-state index contributed by atoms with van der Waals surface area (Å²) in [6.45, 7) is 0. The van der Waals surface area contributed by atoms with Crippen molar-refractivity contribution in [3.8, 4) is 0 Å². The number of hydrogen-bond acceptors (Lipinski definition) is 3. The van der Waals surface area contributed by atoms with Crippen LogP contribution in [0, 0.1) is 0 Å². The SMILES string of the molecule is O=C(O)c1nc2c(c(=O)[nH]1)CCCC2. The number of aromatic carboxylic acids is 1. The lowest BCUT2D eigenvalue weighted by molar-refractivity contribution is 0.0682. The third-order valence-corrected chi connectivity index (χ3v) is 2.39. The highest BCUT2D eigenvalue weighted by atomic mass is 16.4. The summed E-state index contributed by atoms with van der Waals surface area (Å²) in [4.78, 5) is 28.2. The van der Waals surface area contributed by atoms with Crippen LogP contribution in [0.15, 0.2) is 4.79 Å². The van der Waals surface area contributed by atoms with Crippen molar-refractivity contribution in [1.82, 2.24) is 9.97 Å². The Balaban J connectivity index is 2.57. The molecule has 14 heavy (non-hydrogen) atoms. The summed E-state index contributed by atoms with van der Waals surface area (Å²) in [6, 6.07) is 0. The molecule has 1 aromatic heterocycles. The van der Waals surface area contributed by atoms with Crippen LogP contribution in [-0.2, 0) is 12.8 Å².